The number of benzene rings is 6. The van der Waals surface area contributed by atoms with Gasteiger partial charge in [0, 0.05) is 0 Å². The fourth-order valence-electron chi connectivity index (χ4n) is 6.47. The summed E-state index contributed by atoms with van der Waals surface area (Å²) < 4.78 is 0. The maximum absolute atomic E-state index is 2.49. The van der Waals surface area contributed by atoms with Crippen LogP contribution in [0.2, 0.25) is 12.1 Å². The molecule has 0 saturated heterocycles. The molecular formula is C40H38P2Si. The summed E-state index contributed by atoms with van der Waals surface area (Å²) in [5, 5.41) is 11.9. The third-order valence-electron chi connectivity index (χ3n) is 8.59. The lowest BCUT2D eigenvalue weighted by Gasteiger charge is -2.37. The zero-order chi connectivity index (χ0) is 29.5. The Labute approximate surface area is 261 Å². The predicted molar refractivity (Wildman–Crippen MR) is 196 cm³/mol. The fourth-order valence-corrected chi connectivity index (χ4v) is 17.4. The number of hydrogen-bond donors (Lipinski definition) is 0. The molecule has 0 unspecified atom stereocenters. The summed E-state index contributed by atoms with van der Waals surface area (Å²) in [4.78, 5) is 0. The Kier molecular flexibility index (Phi) is 9.45. The summed E-state index contributed by atoms with van der Waals surface area (Å²) >= 11 is 0. The molecule has 0 saturated carbocycles. The van der Waals surface area contributed by atoms with Crippen LogP contribution in [0.5, 0.6) is 0 Å². The predicted octanol–water partition coefficient (Wildman–Crippen LogP) is 6.81. The lowest BCUT2D eigenvalue weighted by molar-refractivity contribution is 1.29. The number of hydrogen-bond acceptors (Lipinski definition) is 0. The second kappa shape index (κ2) is 13.8. The smallest absolute Gasteiger partial charge is 0.0672 e. The van der Waals surface area contributed by atoms with E-state index in [1.807, 2.05) is 0 Å². The van der Waals surface area contributed by atoms with Crippen LogP contribution < -0.4 is 42.2 Å². The summed E-state index contributed by atoms with van der Waals surface area (Å²) in [7, 11) is -3.62. The van der Waals surface area contributed by atoms with Gasteiger partial charge < -0.3 is 0 Å². The largest absolute Gasteiger partial charge is 0.119 e. The van der Waals surface area contributed by atoms with Crippen molar-refractivity contribution in [2.24, 2.45) is 0 Å². The van der Waals surface area contributed by atoms with Crippen molar-refractivity contribution in [1.82, 2.24) is 0 Å². The summed E-state index contributed by atoms with van der Waals surface area (Å²) in [6.07, 6.45) is 0. The highest BCUT2D eigenvalue weighted by atomic mass is 31.1. The van der Waals surface area contributed by atoms with Crippen LogP contribution in [0.4, 0.5) is 0 Å². The van der Waals surface area contributed by atoms with Gasteiger partial charge in [0.1, 0.15) is 8.07 Å². The van der Waals surface area contributed by atoms with Crippen molar-refractivity contribution in [2.45, 2.75) is 25.9 Å². The molecule has 0 atom stereocenters. The molecule has 0 fully saturated rings. The van der Waals surface area contributed by atoms with Crippen molar-refractivity contribution in [3.63, 3.8) is 0 Å². The van der Waals surface area contributed by atoms with Gasteiger partial charge in [-0.25, -0.2) is 0 Å². The van der Waals surface area contributed by atoms with Crippen molar-refractivity contribution >= 4 is 66.1 Å². The molecule has 0 aromatic heterocycles. The van der Waals surface area contributed by atoms with Gasteiger partial charge in [-0.2, -0.15) is 0 Å². The molecule has 6 aromatic carbocycles. The van der Waals surface area contributed by atoms with Gasteiger partial charge in [-0.1, -0.05) is 196 Å². The average molecular weight is 609 g/mol. The van der Waals surface area contributed by atoms with E-state index < -0.39 is 23.9 Å². The van der Waals surface area contributed by atoms with Crippen LogP contribution in [0.15, 0.2) is 170 Å². The molecule has 0 spiro atoms. The molecule has 0 N–H and O–H groups in total. The molecule has 0 aliphatic rings. The molecule has 6 aromatic rings. The van der Waals surface area contributed by atoms with Gasteiger partial charge in [-0.15, -0.1) is 0 Å². The van der Waals surface area contributed by atoms with Gasteiger partial charge in [0.25, 0.3) is 0 Å². The molecule has 0 radical (unpaired) electrons. The standard InChI is InChI=1S/C40H38P2Si/c1-3-43(4-2,39-31-19-17-29-37(39)41(33-21-9-5-10-22-33)34-23-11-6-12-24-34)40-32-20-18-30-38(40)42(35-25-13-7-14-26-35)36-27-15-8-16-28-36/h5-32H,3-4H2,1-2H3. The molecule has 0 aliphatic carbocycles. The van der Waals surface area contributed by atoms with E-state index in [0.717, 1.165) is 12.1 Å². The summed E-state index contributed by atoms with van der Waals surface area (Å²) in [5.41, 5.74) is 0. The van der Waals surface area contributed by atoms with E-state index in [9.17, 15) is 0 Å². The van der Waals surface area contributed by atoms with E-state index in [1.165, 1.54) is 31.8 Å². The second-order valence-corrected chi connectivity index (χ2v) is 19.9. The lowest BCUT2D eigenvalue weighted by atomic mass is 10.3. The van der Waals surface area contributed by atoms with Crippen LogP contribution in [-0.4, -0.2) is 8.07 Å². The SMILES string of the molecule is CC[Si](CC)(c1ccccc1P(c1ccccc1)c1ccccc1)c1ccccc1P(c1ccccc1)c1ccccc1. The zero-order valence-electron chi connectivity index (χ0n) is 25.0. The Morgan fingerprint density at radius 1 is 0.349 bits per heavy atom. The van der Waals surface area contributed by atoms with Crippen molar-refractivity contribution in [2.75, 3.05) is 0 Å². The molecule has 43 heavy (non-hydrogen) atoms. The van der Waals surface area contributed by atoms with Gasteiger partial charge in [0.05, 0.1) is 0 Å². The van der Waals surface area contributed by atoms with Crippen LogP contribution in [0.3, 0.4) is 0 Å². The lowest BCUT2D eigenvalue weighted by Crippen LogP contribution is -2.65. The third-order valence-corrected chi connectivity index (χ3v) is 19.4. The van der Waals surface area contributed by atoms with Crippen molar-refractivity contribution in [3.8, 4) is 0 Å². The zero-order valence-corrected chi connectivity index (χ0v) is 27.8. The average Bonchev–Trinajstić information content (AvgIpc) is 3.09. The minimum atomic E-state index is -2.21. The van der Waals surface area contributed by atoms with Crippen LogP contribution in [0.25, 0.3) is 0 Å². The molecule has 3 heteroatoms. The first-order valence-electron chi connectivity index (χ1n) is 15.3. The molecule has 0 bridgehead atoms. The Bertz CT molecular complexity index is 1530. The normalized spacial score (nSPS) is 11.6. The summed E-state index contributed by atoms with van der Waals surface area (Å²) in [6.45, 7) is 4.90. The molecule has 0 nitrogen and oxygen atoms in total. The van der Waals surface area contributed by atoms with Crippen LogP contribution >= 0.6 is 15.8 Å². The molecule has 6 rings (SSSR count). The Hall–Kier alpha value is -3.60. The monoisotopic (exact) mass is 608 g/mol. The van der Waals surface area contributed by atoms with Crippen molar-refractivity contribution < 1.29 is 0 Å². The minimum Gasteiger partial charge on any atom is -0.0672 e. The van der Waals surface area contributed by atoms with Crippen molar-refractivity contribution in [1.29, 1.82) is 0 Å². The van der Waals surface area contributed by atoms with Gasteiger partial charge in [-0.3, -0.25) is 0 Å². The highest BCUT2D eigenvalue weighted by molar-refractivity contribution is 7.81. The van der Waals surface area contributed by atoms with E-state index in [1.54, 1.807) is 10.4 Å². The molecule has 0 heterocycles. The maximum atomic E-state index is 2.49. The van der Waals surface area contributed by atoms with Gasteiger partial charge in [-0.05, 0) is 58.0 Å². The number of rotatable bonds is 10. The van der Waals surface area contributed by atoms with E-state index in [0.29, 0.717) is 0 Å². The fraction of sp³-hybridized carbons (Fsp3) is 0.100. The van der Waals surface area contributed by atoms with E-state index in [2.05, 4.69) is 184 Å². The van der Waals surface area contributed by atoms with E-state index in [-0.39, 0.29) is 0 Å². The molecule has 212 valence electrons. The Balaban J connectivity index is 1.60. The summed E-state index contributed by atoms with van der Waals surface area (Å²) in [6, 6.07) is 66.0. The van der Waals surface area contributed by atoms with Gasteiger partial charge >= 0.3 is 0 Å². The Morgan fingerprint density at radius 3 is 0.884 bits per heavy atom. The highest BCUT2D eigenvalue weighted by Crippen LogP contribution is 2.36. The highest BCUT2D eigenvalue weighted by Gasteiger charge is 2.40. The van der Waals surface area contributed by atoms with Crippen LogP contribution in [0, 0.1) is 0 Å². The first-order valence-corrected chi connectivity index (χ1v) is 20.4. The summed E-state index contributed by atoms with van der Waals surface area (Å²) in [5.74, 6) is 0. The molecule has 0 amide bonds. The van der Waals surface area contributed by atoms with Crippen LogP contribution in [0.1, 0.15) is 13.8 Å². The van der Waals surface area contributed by atoms with Gasteiger partial charge in [0.15, 0.2) is 0 Å². The Morgan fingerprint density at radius 2 is 0.605 bits per heavy atom. The minimum absolute atomic E-state index is 0.705. The van der Waals surface area contributed by atoms with E-state index >= 15 is 0 Å². The van der Waals surface area contributed by atoms with Crippen LogP contribution in [-0.2, 0) is 0 Å². The van der Waals surface area contributed by atoms with E-state index in [4.69, 9.17) is 0 Å². The van der Waals surface area contributed by atoms with Crippen molar-refractivity contribution in [3.05, 3.63) is 170 Å². The third kappa shape index (κ3) is 5.96. The first kappa shape index (κ1) is 29.5. The quantitative estimate of drug-likeness (QED) is 0.119. The maximum Gasteiger partial charge on any atom is 0.119 e. The molecular weight excluding hydrogens is 570 g/mol. The first-order chi connectivity index (χ1) is 21.3. The topological polar surface area (TPSA) is 0 Å². The molecule has 0 aliphatic heterocycles. The van der Waals surface area contributed by atoms with Gasteiger partial charge in [0.2, 0.25) is 0 Å². The second-order valence-electron chi connectivity index (χ2n) is 10.8.